The van der Waals surface area contributed by atoms with Crippen LogP contribution in [0.1, 0.15) is 23.3 Å². The summed E-state index contributed by atoms with van der Waals surface area (Å²) in [6.45, 7) is 4.01. The molecular formula is C17H18ClNOS. The molecule has 0 unspecified atom stereocenters. The average Bonchev–Trinajstić information content (AvgIpc) is 2.50. The number of hydrogen-bond acceptors (Lipinski definition) is 2. The fraction of sp³-hybridized carbons (Fsp3) is 0.235. The Morgan fingerprint density at radius 2 is 1.90 bits per heavy atom. The molecule has 1 amide bonds. The van der Waals surface area contributed by atoms with Crippen molar-refractivity contribution in [2.24, 2.45) is 0 Å². The van der Waals surface area contributed by atoms with E-state index in [1.807, 2.05) is 43.3 Å². The molecule has 2 aromatic carbocycles. The van der Waals surface area contributed by atoms with Crippen LogP contribution in [0.5, 0.6) is 0 Å². The van der Waals surface area contributed by atoms with Crippen LogP contribution in [0, 0.1) is 6.92 Å². The van der Waals surface area contributed by atoms with Gasteiger partial charge in [0.05, 0.1) is 5.75 Å². The lowest BCUT2D eigenvalue weighted by Crippen LogP contribution is -2.15. The normalized spacial score (nSPS) is 12.0. The Labute approximate surface area is 134 Å². The predicted octanol–water partition coefficient (Wildman–Crippen LogP) is 5.08. The molecule has 2 nitrogen and oxygen atoms in total. The molecular weight excluding hydrogens is 302 g/mol. The lowest BCUT2D eigenvalue weighted by molar-refractivity contribution is -0.113. The van der Waals surface area contributed by atoms with Crippen LogP contribution in [0.2, 0.25) is 5.02 Å². The molecule has 1 N–H and O–H groups in total. The van der Waals surface area contributed by atoms with Gasteiger partial charge < -0.3 is 5.32 Å². The van der Waals surface area contributed by atoms with Gasteiger partial charge in [0.1, 0.15) is 0 Å². The van der Waals surface area contributed by atoms with E-state index < -0.39 is 0 Å². The number of nitrogens with one attached hydrogen (secondary N) is 1. The van der Waals surface area contributed by atoms with E-state index >= 15 is 0 Å². The fourth-order valence-corrected chi connectivity index (χ4v) is 2.95. The fourth-order valence-electron chi connectivity index (χ4n) is 1.95. The second-order valence-electron chi connectivity index (χ2n) is 4.82. The highest BCUT2D eigenvalue weighted by Gasteiger charge is 2.10. The Morgan fingerprint density at radius 3 is 2.62 bits per heavy atom. The smallest absolute Gasteiger partial charge is 0.234 e. The van der Waals surface area contributed by atoms with Gasteiger partial charge in [0.25, 0.3) is 0 Å². The van der Waals surface area contributed by atoms with Crippen molar-refractivity contribution in [2.45, 2.75) is 19.1 Å². The number of halogens is 1. The molecule has 4 heteroatoms. The maximum atomic E-state index is 12.0. The summed E-state index contributed by atoms with van der Waals surface area (Å²) < 4.78 is 0. The third-order valence-electron chi connectivity index (χ3n) is 3.28. The van der Waals surface area contributed by atoms with Crippen molar-refractivity contribution in [2.75, 3.05) is 11.1 Å². The first kappa shape index (κ1) is 15.9. The molecule has 2 aromatic rings. The molecule has 110 valence electrons. The van der Waals surface area contributed by atoms with E-state index in [1.54, 1.807) is 11.8 Å². The molecule has 0 aromatic heterocycles. The summed E-state index contributed by atoms with van der Waals surface area (Å²) in [6.07, 6.45) is 0. The van der Waals surface area contributed by atoms with Gasteiger partial charge in [-0.25, -0.2) is 0 Å². The van der Waals surface area contributed by atoms with Crippen molar-refractivity contribution in [3.05, 3.63) is 64.7 Å². The predicted molar refractivity (Wildman–Crippen MR) is 92.1 cm³/mol. The van der Waals surface area contributed by atoms with E-state index in [0.717, 1.165) is 11.3 Å². The van der Waals surface area contributed by atoms with Crippen molar-refractivity contribution < 1.29 is 4.79 Å². The zero-order valence-corrected chi connectivity index (χ0v) is 13.7. The van der Waals surface area contributed by atoms with Crippen LogP contribution < -0.4 is 5.32 Å². The number of hydrogen-bond donors (Lipinski definition) is 1. The van der Waals surface area contributed by atoms with Crippen LogP contribution in [-0.4, -0.2) is 11.7 Å². The van der Waals surface area contributed by atoms with E-state index in [9.17, 15) is 4.79 Å². The summed E-state index contributed by atoms with van der Waals surface area (Å²) in [6, 6.07) is 15.7. The zero-order valence-electron chi connectivity index (χ0n) is 12.1. The second kappa shape index (κ2) is 7.53. The maximum Gasteiger partial charge on any atom is 0.234 e. The van der Waals surface area contributed by atoms with Crippen LogP contribution in [0.25, 0.3) is 0 Å². The van der Waals surface area contributed by atoms with Crippen LogP contribution in [-0.2, 0) is 4.79 Å². The summed E-state index contributed by atoms with van der Waals surface area (Å²) in [7, 11) is 0. The lowest BCUT2D eigenvalue weighted by Gasteiger charge is -2.13. The van der Waals surface area contributed by atoms with Crippen molar-refractivity contribution >= 4 is 35.0 Å². The number of thioether (sulfide) groups is 1. The van der Waals surface area contributed by atoms with Gasteiger partial charge in [-0.1, -0.05) is 48.0 Å². The largest absolute Gasteiger partial charge is 0.325 e. The van der Waals surface area contributed by atoms with E-state index in [0.29, 0.717) is 10.8 Å². The van der Waals surface area contributed by atoms with Crippen LogP contribution in [0.4, 0.5) is 5.69 Å². The first-order valence-corrected chi connectivity index (χ1v) is 8.22. The van der Waals surface area contributed by atoms with E-state index in [2.05, 4.69) is 24.4 Å². The SMILES string of the molecule is Cc1c(Cl)cccc1NC(=O)CS[C@H](C)c1ccccc1. The Bertz CT molecular complexity index is 615. The van der Waals surface area contributed by atoms with Gasteiger partial charge in [-0.05, 0) is 37.1 Å². The van der Waals surface area contributed by atoms with Crippen molar-refractivity contribution in [3.8, 4) is 0 Å². The van der Waals surface area contributed by atoms with Gasteiger partial charge in [-0.2, -0.15) is 0 Å². The Kier molecular flexibility index (Phi) is 5.71. The topological polar surface area (TPSA) is 29.1 Å². The van der Waals surface area contributed by atoms with Crippen molar-refractivity contribution in [3.63, 3.8) is 0 Å². The standard InChI is InChI=1S/C17H18ClNOS/c1-12-15(18)9-6-10-16(12)19-17(20)11-21-13(2)14-7-4-3-5-8-14/h3-10,13H,11H2,1-2H3,(H,19,20)/t13-/m1/s1. The highest BCUT2D eigenvalue weighted by Crippen LogP contribution is 2.28. The third-order valence-corrected chi connectivity index (χ3v) is 4.89. The van der Waals surface area contributed by atoms with E-state index in [4.69, 9.17) is 11.6 Å². The van der Waals surface area contributed by atoms with Crippen LogP contribution in [0.15, 0.2) is 48.5 Å². The molecule has 0 spiro atoms. The van der Waals surface area contributed by atoms with E-state index in [-0.39, 0.29) is 11.2 Å². The summed E-state index contributed by atoms with van der Waals surface area (Å²) in [5.41, 5.74) is 2.91. The number of benzene rings is 2. The minimum atomic E-state index is -0.00634. The molecule has 2 rings (SSSR count). The molecule has 0 aliphatic carbocycles. The first-order valence-electron chi connectivity index (χ1n) is 6.79. The lowest BCUT2D eigenvalue weighted by atomic mass is 10.2. The van der Waals surface area contributed by atoms with Gasteiger partial charge in [0.2, 0.25) is 5.91 Å². The highest BCUT2D eigenvalue weighted by atomic mass is 35.5. The van der Waals surface area contributed by atoms with Gasteiger partial charge in [0, 0.05) is 16.0 Å². The minimum Gasteiger partial charge on any atom is -0.325 e. The van der Waals surface area contributed by atoms with Gasteiger partial charge in [0.15, 0.2) is 0 Å². The minimum absolute atomic E-state index is 0.00634. The van der Waals surface area contributed by atoms with Gasteiger partial charge in [-0.3, -0.25) is 4.79 Å². The molecule has 0 bridgehead atoms. The highest BCUT2D eigenvalue weighted by molar-refractivity contribution is 8.00. The van der Waals surface area contributed by atoms with Crippen LogP contribution >= 0.6 is 23.4 Å². The molecule has 0 saturated carbocycles. The number of rotatable bonds is 5. The number of carbonyl (C=O) groups excluding carboxylic acids is 1. The second-order valence-corrected chi connectivity index (χ2v) is 6.56. The summed E-state index contributed by atoms with van der Waals surface area (Å²) in [4.78, 5) is 12.0. The van der Waals surface area contributed by atoms with Gasteiger partial charge >= 0.3 is 0 Å². The van der Waals surface area contributed by atoms with Crippen molar-refractivity contribution in [1.82, 2.24) is 0 Å². The Hall–Kier alpha value is -1.45. The molecule has 0 aliphatic rings. The summed E-state index contributed by atoms with van der Waals surface area (Å²) in [5.74, 6) is 0.412. The number of amides is 1. The molecule has 0 fully saturated rings. The number of anilines is 1. The Morgan fingerprint density at radius 1 is 1.19 bits per heavy atom. The molecule has 0 aliphatic heterocycles. The summed E-state index contributed by atoms with van der Waals surface area (Å²) in [5, 5.41) is 3.87. The Balaban J connectivity index is 1.89. The molecule has 21 heavy (non-hydrogen) atoms. The van der Waals surface area contributed by atoms with Gasteiger partial charge in [-0.15, -0.1) is 11.8 Å². The molecule has 0 heterocycles. The maximum absolute atomic E-state index is 12.0. The first-order chi connectivity index (χ1) is 10.1. The summed E-state index contributed by atoms with van der Waals surface area (Å²) >= 11 is 7.67. The van der Waals surface area contributed by atoms with Crippen LogP contribution in [0.3, 0.4) is 0 Å². The monoisotopic (exact) mass is 319 g/mol. The number of carbonyl (C=O) groups is 1. The average molecular weight is 320 g/mol. The van der Waals surface area contributed by atoms with Crippen molar-refractivity contribution in [1.29, 1.82) is 0 Å². The quantitative estimate of drug-likeness (QED) is 0.832. The molecule has 0 radical (unpaired) electrons. The molecule has 0 saturated heterocycles. The zero-order chi connectivity index (χ0) is 15.2. The molecule has 1 atom stereocenters. The van der Waals surface area contributed by atoms with E-state index in [1.165, 1.54) is 5.56 Å². The third kappa shape index (κ3) is 4.51.